The van der Waals surface area contributed by atoms with Gasteiger partial charge in [-0.25, -0.2) is 9.36 Å². The highest BCUT2D eigenvalue weighted by molar-refractivity contribution is 5.79. The van der Waals surface area contributed by atoms with Crippen molar-refractivity contribution in [1.29, 1.82) is 0 Å². The van der Waals surface area contributed by atoms with E-state index in [1.807, 2.05) is 44.2 Å². The van der Waals surface area contributed by atoms with Crippen LogP contribution in [0.15, 0.2) is 47.3 Å². The van der Waals surface area contributed by atoms with E-state index in [1.54, 1.807) is 17.9 Å². The van der Waals surface area contributed by atoms with Crippen LogP contribution in [0.25, 0.3) is 5.82 Å². The number of para-hydroxylation sites is 1. The number of amides is 1. The second-order valence-electron chi connectivity index (χ2n) is 6.43. The van der Waals surface area contributed by atoms with Crippen LogP contribution in [0.1, 0.15) is 17.0 Å². The smallest absolute Gasteiger partial charge is 0.266 e. The van der Waals surface area contributed by atoms with Gasteiger partial charge in [-0.1, -0.05) is 18.2 Å². The lowest BCUT2D eigenvalue weighted by Gasteiger charge is -2.10. The Kier molecular flexibility index (Phi) is 5.88. The number of rotatable bonds is 7. The standard InChI is InChI=1S/C20H23N5O3/c1-14-12-15(2)25(22-14)18-8-9-20(27)24(23-18)11-10-21-19(26)13-16-6-4-5-7-17(16)28-3/h4-9,12H,10-11,13H2,1-3H3,(H,21,26). The average molecular weight is 381 g/mol. The number of carbonyl (C=O) groups excluding carboxylic acids is 1. The number of aromatic nitrogens is 4. The van der Waals surface area contributed by atoms with Gasteiger partial charge in [-0.05, 0) is 32.0 Å². The van der Waals surface area contributed by atoms with Gasteiger partial charge in [0.25, 0.3) is 5.56 Å². The van der Waals surface area contributed by atoms with Crippen LogP contribution in [-0.2, 0) is 17.8 Å². The van der Waals surface area contributed by atoms with Crippen molar-refractivity contribution in [2.75, 3.05) is 13.7 Å². The molecule has 0 unspecified atom stereocenters. The first-order valence-electron chi connectivity index (χ1n) is 8.98. The lowest BCUT2D eigenvalue weighted by Crippen LogP contribution is -2.33. The van der Waals surface area contributed by atoms with E-state index in [9.17, 15) is 9.59 Å². The van der Waals surface area contributed by atoms with Gasteiger partial charge in [0.2, 0.25) is 5.91 Å². The first-order chi connectivity index (χ1) is 13.5. The van der Waals surface area contributed by atoms with Crippen molar-refractivity contribution in [2.45, 2.75) is 26.8 Å². The number of aryl methyl sites for hydroxylation is 2. The monoisotopic (exact) mass is 381 g/mol. The van der Waals surface area contributed by atoms with E-state index < -0.39 is 0 Å². The SMILES string of the molecule is COc1ccccc1CC(=O)NCCn1nc(-n2nc(C)cc2C)ccc1=O. The van der Waals surface area contributed by atoms with E-state index in [0.717, 1.165) is 17.0 Å². The molecule has 0 aliphatic carbocycles. The molecule has 2 heterocycles. The fraction of sp³-hybridized carbons (Fsp3) is 0.300. The molecule has 0 spiro atoms. The lowest BCUT2D eigenvalue weighted by atomic mass is 10.1. The minimum atomic E-state index is -0.232. The van der Waals surface area contributed by atoms with Gasteiger partial charge in [-0.2, -0.15) is 5.10 Å². The summed E-state index contributed by atoms with van der Waals surface area (Å²) in [5.74, 6) is 1.09. The Labute approximate surface area is 162 Å². The third-order valence-electron chi connectivity index (χ3n) is 4.27. The van der Waals surface area contributed by atoms with Crippen LogP contribution in [0.3, 0.4) is 0 Å². The molecule has 0 radical (unpaired) electrons. The minimum Gasteiger partial charge on any atom is -0.496 e. The van der Waals surface area contributed by atoms with E-state index in [4.69, 9.17) is 4.74 Å². The first-order valence-corrected chi connectivity index (χ1v) is 8.98. The molecule has 0 bridgehead atoms. The second kappa shape index (κ2) is 8.51. The predicted octanol–water partition coefficient (Wildman–Crippen LogP) is 1.41. The lowest BCUT2D eigenvalue weighted by molar-refractivity contribution is -0.120. The van der Waals surface area contributed by atoms with Crippen LogP contribution < -0.4 is 15.6 Å². The quantitative estimate of drug-likeness (QED) is 0.668. The van der Waals surface area contributed by atoms with E-state index >= 15 is 0 Å². The van der Waals surface area contributed by atoms with Crippen molar-refractivity contribution >= 4 is 5.91 Å². The molecule has 1 aromatic carbocycles. The van der Waals surface area contributed by atoms with Crippen LogP contribution in [0.5, 0.6) is 5.75 Å². The third kappa shape index (κ3) is 4.46. The summed E-state index contributed by atoms with van der Waals surface area (Å²) in [4.78, 5) is 24.3. The predicted molar refractivity (Wildman–Crippen MR) is 105 cm³/mol. The Bertz CT molecular complexity index is 1040. The van der Waals surface area contributed by atoms with E-state index in [0.29, 0.717) is 18.1 Å². The van der Waals surface area contributed by atoms with Gasteiger partial charge in [0.05, 0.1) is 25.8 Å². The summed E-state index contributed by atoms with van der Waals surface area (Å²) in [5.41, 5.74) is 2.38. The van der Waals surface area contributed by atoms with Crippen LogP contribution in [0.2, 0.25) is 0 Å². The van der Waals surface area contributed by atoms with Crippen LogP contribution in [0, 0.1) is 13.8 Å². The largest absolute Gasteiger partial charge is 0.496 e. The van der Waals surface area contributed by atoms with Crippen LogP contribution in [0.4, 0.5) is 0 Å². The van der Waals surface area contributed by atoms with Crippen LogP contribution in [-0.4, -0.2) is 39.1 Å². The van der Waals surface area contributed by atoms with Crippen LogP contribution >= 0.6 is 0 Å². The molecule has 0 aliphatic rings. The molecule has 3 rings (SSSR count). The molecule has 0 saturated carbocycles. The number of hydrogen-bond donors (Lipinski definition) is 1. The fourth-order valence-corrected chi connectivity index (χ4v) is 2.96. The second-order valence-corrected chi connectivity index (χ2v) is 6.43. The van der Waals surface area contributed by atoms with Crippen molar-refractivity contribution < 1.29 is 9.53 Å². The Morgan fingerprint density at radius 1 is 1.14 bits per heavy atom. The molecule has 8 nitrogen and oxygen atoms in total. The maximum Gasteiger partial charge on any atom is 0.266 e. The number of carbonyl (C=O) groups is 1. The molecule has 2 aromatic heterocycles. The number of ether oxygens (including phenoxy) is 1. The van der Waals surface area contributed by atoms with Gasteiger partial charge >= 0.3 is 0 Å². The van der Waals surface area contributed by atoms with Crippen molar-refractivity contribution in [2.24, 2.45) is 0 Å². The van der Waals surface area contributed by atoms with Gasteiger partial charge in [-0.15, -0.1) is 5.10 Å². The average Bonchev–Trinajstić information content (AvgIpc) is 3.02. The molecular weight excluding hydrogens is 358 g/mol. The molecule has 1 N–H and O–H groups in total. The van der Waals surface area contributed by atoms with Gasteiger partial charge in [0, 0.05) is 23.9 Å². The van der Waals surface area contributed by atoms with Crippen molar-refractivity contribution in [3.63, 3.8) is 0 Å². The molecule has 1 amide bonds. The molecule has 3 aromatic rings. The Balaban J connectivity index is 1.63. The zero-order valence-electron chi connectivity index (χ0n) is 16.2. The van der Waals surface area contributed by atoms with E-state index in [1.165, 1.54) is 10.7 Å². The maximum absolute atomic E-state index is 12.2. The summed E-state index contributed by atoms with van der Waals surface area (Å²) < 4.78 is 8.27. The number of hydrogen-bond acceptors (Lipinski definition) is 5. The summed E-state index contributed by atoms with van der Waals surface area (Å²) in [6, 6.07) is 12.4. The Hall–Kier alpha value is -3.42. The molecule has 28 heavy (non-hydrogen) atoms. The zero-order valence-corrected chi connectivity index (χ0v) is 16.2. The summed E-state index contributed by atoms with van der Waals surface area (Å²) >= 11 is 0. The molecule has 0 saturated heterocycles. The van der Waals surface area contributed by atoms with Crippen molar-refractivity contribution in [3.05, 3.63) is 69.8 Å². The number of nitrogens with zero attached hydrogens (tertiary/aromatic N) is 4. The van der Waals surface area contributed by atoms with Gasteiger partial charge < -0.3 is 10.1 Å². The van der Waals surface area contributed by atoms with E-state index in [-0.39, 0.29) is 24.4 Å². The van der Waals surface area contributed by atoms with Gasteiger partial charge in [0.15, 0.2) is 5.82 Å². The highest BCUT2D eigenvalue weighted by Gasteiger charge is 2.10. The van der Waals surface area contributed by atoms with Gasteiger partial charge in [0.1, 0.15) is 5.75 Å². The molecule has 0 fully saturated rings. The summed E-state index contributed by atoms with van der Waals surface area (Å²) in [7, 11) is 1.57. The highest BCUT2D eigenvalue weighted by Crippen LogP contribution is 2.17. The normalized spacial score (nSPS) is 10.7. The van der Waals surface area contributed by atoms with Crippen molar-refractivity contribution in [1.82, 2.24) is 24.9 Å². The molecule has 0 aliphatic heterocycles. The fourth-order valence-electron chi connectivity index (χ4n) is 2.96. The summed E-state index contributed by atoms with van der Waals surface area (Å²) in [5, 5.41) is 11.6. The topological polar surface area (TPSA) is 91.0 Å². The molecule has 0 atom stereocenters. The summed E-state index contributed by atoms with van der Waals surface area (Å²) in [6.07, 6.45) is 0.206. The zero-order chi connectivity index (χ0) is 20.1. The minimum absolute atomic E-state index is 0.146. The first kappa shape index (κ1) is 19.3. The Morgan fingerprint density at radius 2 is 1.93 bits per heavy atom. The van der Waals surface area contributed by atoms with E-state index in [2.05, 4.69) is 15.5 Å². The summed E-state index contributed by atoms with van der Waals surface area (Å²) in [6.45, 7) is 4.39. The number of benzene rings is 1. The molecule has 146 valence electrons. The molecular formula is C20H23N5O3. The van der Waals surface area contributed by atoms with Crippen molar-refractivity contribution in [3.8, 4) is 11.6 Å². The molecule has 8 heteroatoms. The Morgan fingerprint density at radius 3 is 2.64 bits per heavy atom. The third-order valence-corrected chi connectivity index (χ3v) is 4.27. The maximum atomic E-state index is 12.2. The number of nitrogens with one attached hydrogen (secondary N) is 1. The highest BCUT2D eigenvalue weighted by atomic mass is 16.5. The van der Waals surface area contributed by atoms with Gasteiger partial charge in [-0.3, -0.25) is 9.59 Å². The number of methoxy groups -OCH3 is 1.